The minimum Gasteiger partial charge on any atom is -0.368 e. The zero-order chi connectivity index (χ0) is 15.1. The second-order valence-electron chi connectivity index (χ2n) is 4.32. The second-order valence-corrected chi connectivity index (χ2v) is 5.98. The molecular weight excluding hydrogens is 381 g/mol. The molecule has 0 atom stereocenters. The summed E-state index contributed by atoms with van der Waals surface area (Å²) in [5.74, 6) is -0.305. The van der Waals surface area contributed by atoms with Crippen molar-refractivity contribution in [1.82, 2.24) is 19.5 Å². The highest BCUT2D eigenvalue weighted by Crippen LogP contribution is 2.23. The largest absolute Gasteiger partial charge is 0.368 e. The van der Waals surface area contributed by atoms with E-state index in [1.807, 2.05) is 0 Å². The van der Waals surface area contributed by atoms with Crippen LogP contribution in [0.3, 0.4) is 0 Å². The summed E-state index contributed by atoms with van der Waals surface area (Å²) in [6.45, 7) is 0.213. The summed E-state index contributed by atoms with van der Waals surface area (Å²) in [5.41, 5.74) is 7.00. The fourth-order valence-corrected chi connectivity index (χ4v) is 2.78. The minimum atomic E-state index is -0.339. The number of hydrogen-bond acceptors (Lipinski definition) is 4. The molecule has 2 heterocycles. The maximum atomic E-state index is 14.0. The number of fused-ring (bicyclic) bond motifs is 1. The maximum absolute atomic E-state index is 14.0. The fourth-order valence-electron chi connectivity index (χ4n) is 1.98. The average Bonchev–Trinajstić information content (AvgIpc) is 2.70. The van der Waals surface area contributed by atoms with E-state index in [0.717, 1.165) is 0 Å². The lowest BCUT2D eigenvalue weighted by Crippen LogP contribution is -2.04. The van der Waals surface area contributed by atoms with Crippen LogP contribution in [0.4, 0.5) is 10.3 Å². The highest BCUT2D eigenvalue weighted by molar-refractivity contribution is 9.10. The van der Waals surface area contributed by atoms with Gasteiger partial charge in [-0.3, -0.25) is 4.57 Å². The van der Waals surface area contributed by atoms with Crippen molar-refractivity contribution in [3.05, 3.63) is 44.0 Å². The van der Waals surface area contributed by atoms with Crippen LogP contribution in [0, 0.1) is 10.6 Å². The average molecular weight is 389 g/mol. The van der Waals surface area contributed by atoms with Crippen molar-refractivity contribution in [2.24, 2.45) is 0 Å². The first kappa shape index (κ1) is 14.4. The molecule has 2 aromatic heterocycles. The van der Waals surface area contributed by atoms with Gasteiger partial charge in [-0.25, -0.2) is 4.39 Å². The molecule has 3 aromatic rings. The highest BCUT2D eigenvalue weighted by atomic mass is 79.9. The molecule has 1 aromatic carbocycles. The molecule has 0 bridgehead atoms. The topological polar surface area (TPSA) is 72.5 Å². The van der Waals surface area contributed by atoms with Gasteiger partial charge in [-0.1, -0.05) is 33.6 Å². The van der Waals surface area contributed by atoms with Gasteiger partial charge in [0.25, 0.3) is 0 Å². The number of hydrogen-bond donors (Lipinski definition) is 2. The summed E-state index contributed by atoms with van der Waals surface area (Å²) in [7, 11) is 0. The lowest BCUT2D eigenvalue weighted by Gasteiger charge is -2.06. The summed E-state index contributed by atoms with van der Waals surface area (Å²) < 4.78 is 16.6. The molecule has 3 rings (SSSR count). The molecule has 0 aliphatic heterocycles. The van der Waals surface area contributed by atoms with Crippen LogP contribution >= 0.6 is 39.7 Å². The Bertz CT molecular complexity index is 907. The molecule has 9 heteroatoms. The predicted octanol–water partition coefficient (Wildman–Crippen LogP) is 3.67. The molecule has 0 amide bonds. The van der Waals surface area contributed by atoms with E-state index in [0.29, 0.717) is 26.0 Å². The molecule has 3 N–H and O–H groups in total. The molecule has 0 spiro atoms. The summed E-state index contributed by atoms with van der Waals surface area (Å²) >= 11 is 14.5. The van der Waals surface area contributed by atoms with Crippen LogP contribution in [0.5, 0.6) is 0 Å². The summed E-state index contributed by atoms with van der Waals surface area (Å²) in [6.07, 6.45) is 0. The lowest BCUT2D eigenvalue weighted by atomic mass is 10.2. The van der Waals surface area contributed by atoms with E-state index in [2.05, 4.69) is 30.9 Å². The molecule has 21 heavy (non-hydrogen) atoms. The lowest BCUT2D eigenvalue weighted by molar-refractivity contribution is 0.599. The predicted molar refractivity (Wildman–Crippen MR) is 85.3 cm³/mol. The standard InChI is InChI=1S/C12H8BrClFN5S/c13-6-2-1-5(7(15)3-6)4-20-10-8(17-12(20)21)9(14)18-11(16)19-10/h1-3H,4H2,(H,17,21)(H2,16,18,19). The molecule has 0 aliphatic rings. The van der Waals surface area contributed by atoms with Crippen LogP contribution < -0.4 is 5.73 Å². The minimum absolute atomic E-state index is 0.0338. The normalized spacial score (nSPS) is 11.2. The Labute approximate surface area is 137 Å². The van der Waals surface area contributed by atoms with Gasteiger partial charge in [0.2, 0.25) is 5.95 Å². The van der Waals surface area contributed by atoms with E-state index >= 15 is 0 Å². The second kappa shape index (κ2) is 5.36. The number of H-pyrrole nitrogens is 1. The fraction of sp³-hybridized carbons (Fsp3) is 0.0833. The quantitative estimate of drug-likeness (QED) is 0.519. The first-order chi connectivity index (χ1) is 9.95. The van der Waals surface area contributed by atoms with Crippen molar-refractivity contribution >= 4 is 56.9 Å². The van der Waals surface area contributed by atoms with E-state index in [1.54, 1.807) is 16.7 Å². The van der Waals surface area contributed by atoms with E-state index < -0.39 is 0 Å². The van der Waals surface area contributed by atoms with Gasteiger partial charge in [-0.15, -0.1) is 0 Å². The number of rotatable bonds is 2. The van der Waals surface area contributed by atoms with E-state index in [1.165, 1.54) is 6.07 Å². The Balaban J connectivity index is 2.16. The number of nitrogens with two attached hydrogens (primary N) is 1. The monoisotopic (exact) mass is 387 g/mol. The third kappa shape index (κ3) is 2.66. The van der Waals surface area contributed by atoms with Crippen LogP contribution in [0.25, 0.3) is 11.2 Å². The van der Waals surface area contributed by atoms with Crippen molar-refractivity contribution in [2.45, 2.75) is 6.54 Å². The van der Waals surface area contributed by atoms with Gasteiger partial charge >= 0.3 is 0 Å². The molecule has 0 saturated carbocycles. The number of halogens is 3. The van der Waals surface area contributed by atoms with Crippen LogP contribution in [-0.4, -0.2) is 19.5 Å². The smallest absolute Gasteiger partial charge is 0.223 e. The number of aromatic nitrogens is 4. The number of aromatic amines is 1. The number of nitrogens with zero attached hydrogens (tertiary/aromatic N) is 3. The summed E-state index contributed by atoms with van der Waals surface area (Å²) in [5, 5.41) is 0.179. The Morgan fingerprint density at radius 2 is 2.19 bits per heavy atom. The van der Waals surface area contributed by atoms with Crippen molar-refractivity contribution in [2.75, 3.05) is 5.73 Å². The van der Waals surface area contributed by atoms with E-state index in [4.69, 9.17) is 29.6 Å². The van der Waals surface area contributed by atoms with Gasteiger partial charge in [0.1, 0.15) is 11.3 Å². The number of imidazole rings is 1. The molecule has 5 nitrogen and oxygen atoms in total. The Kier molecular flexibility index (Phi) is 3.68. The molecule has 0 saturated heterocycles. The molecular formula is C12H8BrClFN5S. The van der Waals surface area contributed by atoms with Gasteiger partial charge < -0.3 is 10.7 Å². The highest BCUT2D eigenvalue weighted by Gasteiger charge is 2.13. The zero-order valence-electron chi connectivity index (χ0n) is 10.4. The number of benzene rings is 1. The Morgan fingerprint density at radius 3 is 2.90 bits per heavy atom. The first-order valence-electron chi connectivity index (χ1n) is 5.81. The van der Waals surface area contributed by atoms with E-state index in [9.17, 15) is 4.39 Å². The van der Waals surface area contributed by atoms with Gasteiger partial charge in [-0.2, -0.15) is 9.97 Å². The number of nitrogen functional groups attached to an aromatic ring is 1. The summed E-state index contributed by atoms with van der Waals surface area (Å²) in [6, 6.07) is 4.82. The maximum Gasteiger partial charge on any atom is 0.223 e. The first-order valence-corrected chi connectivity index (χ1v) is 7.39. The van der Waals surface area contributed by atoms with Gasteiger partial charge in [0, 0.05) is 10.0 Å². The van der Waals surface area contributed by atoms with Crippen LogP contribution in [0.1, 0.15) is 5.56 Å². The van der Waals surface area contributed by atoms with Crippen LogP contribution in [0.15, 0.2) is 22.7 Å². The van der Waals surface area contributed by atoms with Crippen molar-refractivity contribution in [1.29, 1.82) is 0 Å². The Morgan fingerprint density at radius 1 is 1.43 bits per heavy atom. The van der Waals surface area contributed by atoms with Gasteiger partial charge in [0.05, 0.1) is 6.54 Å². The number of nitrogens with one attached hydrogen (secondary N) is 1. The molecule has 0 radical (unpaired) electrons. The van der Waals surface area contributed by atoms with Crippen molar-refractivity contribution in [3.63, 3.8) is 0 Å². The zero-order valence-corrected chi connectivity index (χ0v) is 13.6. The number of anilines is 1. The van der Waals surface area contributed by atoms with Gasteiger partial charge in [0.15, 0.2) is 15.6 Å². The van der Waals surface area contributed by atoms with E-state index in [-0.39, 0.29) is 23.5 Å². The van der Waals surface area contributed by atoms with Gasteiger partial charge in [-0.05, 0) is 24.4 Å². The third-order valence-corrected chi connectivity index (χ3v) is 4.03. The molecule has 0 unspecified atom stereocenters. The molecule has 108 valence electrons. The Hall–Kier alpha value is -1.51. The SMILES string of the molecule is Nc1nc(Cl)c2[nH]c(=S)n(Cc3ccc(Br)cc3F)c2n1. The van der Waals surface area contributed by atoms with Crippen molar-refractivity contribution in [3.8, 4) is 0 Å². The molecule has 0 aliphatic carbocycles. The third-order valence-electron chi connectivity index (χ3n) is 2.94. The van der Waals surface area contributed by atoms with Crippen LogP contribution in [0.2, 0.25) is 5.15 Å². The van der Waals surface area contributed by atoms with Crippen molar-refractivity contribution < 1.29 is 4.39 Å². The summed E-state index contributed by atoms with van der Waals surface area (Å²) in [4.78, 5) is 10.9. The molecule has 0 fully saturated rings. The van der Waals surface area contributed by atoms with Crippen LogP contribution in [-0.2, 0) is 6.54 Å².